The molecule has 0 aliphatic rings. The molecule has 1 rings (SSSR count). The Morgan fingerprint density at radius 3 is 2.41 bits per heavy atom. The molecule has 5 nitrogen and oxygen atoms in total. The maximum atomic E-state index is 11.2. The number of halogens is 2. The van der Waals surface area contributed by atoms with Crippen molar-refractivity contribution in [2.45, 2.75) is 6.92 Å². The molecular formula is C10H15Cl2N3O2. The van der Waals surface area contributed by atoms with Crippen LogP contribution in [0.3, 0.4) is 0 Å². The van der Waals surface area contributed by atoms with Crippen LogP contribution in [0.15, 0.2) is 4.79 Å². The van der Waals surface area contributed by atoms with Crippen LogP contribution in [0.1, 0.15) is 5.69 Å². The van der Waals surface area contributed by atoms with Crippen LogP contribution < -0.4 is 15.3 Å². The van der Waals surface area contributed by atoms with Gasteiger partial charge in [0.15, 0.2) is 0 Å². The summed E-state index contributed by atoms with van der Waals surface area (Å²) in [6.45, 7) is 3.01. The lowest BCUT2D eigenvalue weighted by Crippen LogP contribution is -2.30. The molecule has 17 heavy (non-hydrogen) atoms. The number of hydrogen-bond acceptors (Lipinski definition) is 4. The Bertz CT molecular complexity index is 417. The number of hydrogen-bond donors (Lipinski definition) is 1. The van der Waals surface area contributed by atoms with Gasteiger partial charge in [-0.3, -0.25) is 0 Å². The number of rotatable bonds is 6. The Kier molecular flexibility index (Phi) is 5.58. The third-order valence-electron chi connectivity index (χ3n) is 2.27. The van der Waals surface area contributed by atoms with Gasteiger partial charge in [0.05, 0.1) is 7.11 Å². The predicted octanol–water partition coefficient (Wildman–Crippen LogP) is 1.37. The first kappa shape index (κ1) is 14.1. The van der Waals surface area contributed by atoms with Gasteiger partial charge in [-0.05, 0) is 6.92 Å². The van der Waals surface area contributed by atoms with Crippen molar-refractivity contribution >= 4 is 28.9 Å². The fraction of sp³-hybridized carbons (Fsp3) is 0.600. The highest BCUT2D eigenvalue weighted by Gasteiger charge is 2.16. The van der Waals surface area contributed by atoms with E-state index in [1.165, 1.54) is 7.11 Å². The molecule has 0 spiro atoms. The normalized spacial score (nSPS) is 10.4. The molecule has 7 heteroatoms. The largest absolute Gasteiger partial charge is 0.479 e. The molecule has 1 heterocycles. The van der Waals surface area contributed by atoms with Crippen molar-refractivity contribution in [3.63, 3.8) is 0 Å². The fourth-order valence-corrected chi connectivity index (χ4v) is 2.02. The number of aromatic amines is 1. The van der Waals surface area contributed by atoms with Crippen molar-refractivity contribution in [1.29, 1.82) is 0 Å². The summed E-state index contributed by atoms with van der Waals surface area (Å²) in [6.07, 6.45) is 0. The highest BCUT2D eigenvalue weighted by Crippen LogP contribution is 2.26. The second-order valence-electron chi connectivity index (χ2n) is 3.39. The van der Waals surface area contributed by atoms with E-state index < -0.39 is 5.69 Å². The minimum atomic E-state index is -0.431. The first-order chi connectivity index (χ1) is 8.13. The van der Waals surface area contributed by atoms with Crippen LogP contribution in [0.5, 0.6) is 5.88 Å². The standard InChI is InChI=1S/C10H15Cl2N3O2/c1-7-8(15(5-3-11)6-4-12)9(17-2)14-10(16)13-7/h3-6H2,1-2H3,(H,13,14,16). The van der Waals surface area contributed by atoms with E-state index in [-0.39, 0.29) is 0 Å². The number of aromatic nitrogens is 2. The van der Waals surface area contributed by atoms with Gasteiger partial charge in [-0.2, -0.15) is 4.98 Å². The maximum Gasteiger partial charge on any atom is 0.348 e. The van der Waals surface area contributed by atoms with Crippen LogP contribution in [-0.2, 0) is 0 Å². The van der Waals surface area contributed by atoms with E-state index in [0.717, 1.165) is 5.69 Å². The van der Waals surface area contributed by atoms with Crippen LogP contribution in [-0.4, -0.2) is 41.9 Å². The van der Waals surface area contributed by atoms with Gasteiger partial charge in [0.2, 0.25) is 5.88 Å². The molecule has 0 fully saturated rings. The molecule has 0 aromatic carbocycles. The average Bonchev–Trinajstić information content (AvgIpc) is 2.28. The van der Waals surface area contributed by atoms with E-state index in [2.05, 4.69) is 9.97 Å². The maximum absolute atomic E-state index is 11.2. The van der Waals surface area contributed by atoms with E-state index in [1.54, 1.807) is 6.92 Å². The summed E-state index contributed by atoms with van der Waals surface area (Å²) in [5.74, 6) is 1.21. The van der Waals surface area contributed by atoms with E-state index >= 15 is 0 Å². The van der Waals surface area contributed by atoms with Gasteiger partial charge in [-0.25, -0.2) is 4.79 Å². The van der Waals surface area contributed by atoms with E-state index in [4.69, 9.17) is 27.9 Å². The number of aryl methyl sites for hydroxylation is 1. The summed E-state index contributed by atoms with van der Waals surface area (Å²) in [5.41, 5.74) is 0.991. The van der Waals surface area contributed by atoms with Gasteiger partial charge in [0.25, 0.3) is 0 Å². The monoisotopic (exact) mass is 279 g/mol. The Balaban J connectivity index is 3.20. The van der Waals surface area contributed by atoms with Crippen LogP contribution in [0, 0.1) is 6.92 Å². The molecule has 0 unspecified atom stereocenters. The lowest BCUT2D eigenvalue weighted by atomic mass is 10.3. The van der Waals surface area contributed by atoms with Crippen LogP contribution in [0.2, 0.25) is 0 Å². The second kappa shape index (κ2) is 6.71. The predicted molar refractivity (Wildman–Crippen MR) is 69.8 cm³/mol. The van der Waals surface area contributed by atoms with Gasteiger partial charge in [0, 0.05) is 30.5 Å². The Morgan fingerprint density at radius 2 is 1.94 bits per heavy atom. The Morgan fingerprint density at radius 1 is 1.35 bits per heavy atom. The zero-order valence-corrected chi connectivity index (χ0v) is 11.3. The molecule has 1 aromatic heterocycles. The van der Waals surface area contributed by atoms with Crippen LogP contribution in [0.25, 0.3) is 0 Å². The number of alkyl halides is 2. The molecule has 0 bridgehead atoms. The van der Waals surface area contributed by atoms with Crippen molar-refractivity contribution in [2.24, 2.45) is 0 Å². The highest BCUT2D eigenvalue weighted by molar-refractivity contribution is 6.18. The van der Waals surface area contributed by atoms with E-state index in [0.29, 0.717) is 36.4 Å². The average molecular weight is 280 g/mol. The Hall–Kier alpha value is -0.940. The lowest BCUT2D eigenvalue weighted by Gasteiger charge is -2.25. The number of ether oxygens (including phenoxy) is 1. The number of methoxy groups -OCH3 is 1. The highest BCUT2D eigenvalue weighted by atomic mass is 35.5. The molecule has 0 aliphatic carbocycles. The third kappa shape index (κ3) is 3.51. The molecule has 0 atom stereocenters. The van der Waals surface area contributed by atoms with Crippen molar-refractivity contribution < 1.29 is 4.74 Å². The molecular weight excluding hydrogens is 265 g/mol. The summed E-state index contributed by atoms with van der Waals surface area (Å²) in [6, 6.07) is 0. The van der Waals surface area contributed by atoms with Gasteiger partial charge >= 0.3 is 5.69 Å². The molecule has 0 aliphatic heterocycles. The van der Waals surface area contributed by atoms with E-state index in [1.807, 2.05) is 4.90 Å². The fourth-order valence-electron chi connectivity index (χ4n) is 1.61. The van der Waals surface area contributed by atoms with Crippen molar-refractivity contribution in [3.8, 4) is 5.88 Å². The van der Waals surface area contributed by atoms with Crippen molar-refractivity contribution in [3.05, 3.63) is 16.2 Å². The molecule has 96 valence electrons. The SMILES string of the molecule is COc1nc(=O)[nH]c(C)c1N(CCCl)CCCl. The first-order valence-corrected chi connectivity index (χ1v) is 6.22. The van der Waals surface area contributed by atoms with Gasteiger partial charge in [-0.15, -0.1) is 23.2 Å². The third-order valence-corrected chi connectivity index (χ3v) is 2.61. The van der Waals surface area contributed by atoms with E-state index in [9.17, 15) is 4.79 Å². The topological polar surface area (TPSA) is 58.2 Å². The Labute approximate surface area is 110 Å². The van der Waals surface area contributed by atoms with Gasteiger partial charge in [-0.1, -0.05) is 0 Å². The number of H-pyrrole nitrogens is 1. The molecule has 0 saturated carbocycles. The number of nitrogens with one attached hydrogen (secondary N) is 1. The zero-order valence-electron chi connectivity index (χ0n) is 9.80. The minimum absolute atomic E-state index is 0.293. The van der Waals surface area contributed by atoms with Gasteiger partial charge in [0.1, 0.15) is 5.69 Å². The van der Waals surface area contributed by atoms with Crippen molar-refractivity contribution in [2.75, 3.05) is 36.9 Å². The molecule has 1 aromatic rings. The smallest absolute Gasteiger partial charge is 0.348 e. The quantitative estimate of drug-likeness (QED) is 0.800. The first-order valence-electron chi connectivity index (χ1n) is 5.15. The van der Waals surface area contributed by atoms with Gasteiger partial charge < -0.3 is 14.6 Å². The van der Waals surface area contributed by atoms with Crippen LogP contribution >= 0.6 is 23.2 Å². The summed E-state index contributed by atoms with van der Waals surface area (Å²) in [5, 5.41) is 0. The summed E-state index contributed by atoms with van der Waals surface area (Å²) in [7, 11) is 1.48. The second-order valence-corrected chi connectivity index (χ2v) is 4.15. The molecule has 0 amide bonds. The molecule has 1 N–H and O–H groups in total. The van der Waals surface area contributed by atoms with Crippen LogP contribution in [0.4, 0.5) is 5.69 Å². The zero-order chi connectivity index (χ0) is 12.8. The lowest BCUT2D eigenvalue weighted by molar-refractivity contribution is 0.394. The summed E-state index contributed by atoms with van der Waals surface area (Å²) >= 11 is 11.5. The number of anilines is 1. The minimum Gasteiger partial charge on any atom is -0.479 e. The molecule has 0 radical (unpaired) electrons. The molecule has 0 saturated heterocycles. The summed E-state index contributed by atoms with van der Waals surface area (Å²) in [4.78, 5) is 19.6. The van der Waals surface area contributed by atoms with Crippen molar-refractivity contribution in [1.82, 2.24) is 9.97 Å². The summed E-state index contributed by atoms with van der Waals surface area (Å²) < 4.78 is 5.12. The number of nitrogens with zero attached hydrogens (tertiary/aromatic N) is 2.